The molecule has 0 heterocycles. The molecule has 0 aliphatic heterocycles. The average molecular weight is 191 g/mol. The van der Waals surface area contributed by atoms with Crippen molar-refractivity contribution in [2.24, 2.45) is 5.92 Å². The van der Waals surface area contributed by atoms with Gasteiger partial charge in [0.15, 0.2) is 0 Å². The number of hydrogen-bond acceptors (Lipinski definition) is 2. The fourth-order valence-electron chi connectivity index (χ4n) is 1.43. The normalized spacial score (nSPS) is 24.4. The predicted octanol–water partition coefficient (Wildman–Crippen LogP) is 1.53. The van der Waals surface area contributed by atoms with E-state index in [4.69, 9.17) is 0 Å². The first-order valence-corrected chi connectivity index (χ1v) is 4.77. The maximum atomic E-state index is 11.6. The number of carbonyl (C=O) groups excluding carboxylic acids is 1. The summed E-state index contributed by atoms with van der Waals surface area (Å²) in [7, 11) is 0. The van der Waals surface area contributed by atoms with Crippen molar-refractivity contribution in [3.8, 4) is 5.75 Å². The molecule has 0 spiro atoms. The minimum absolute atomic E-state index is 0.0401. The molecule has 1 aliphatic carbocycles. The van der Waals surface area contributed by atoms with E-state index in [-0.39, 0.29) is 11.7 Å². The minimum Gasteiger partial charge on any atom is -0.507 e. The van der Waals surface area contributed by atoms with E-state index in [2.05, 4.69) is 12.2 Å². The van der Waals surface area contributed by atoms with Crippen LogP contribution >= 0.6 is 0 Å². The van der Waals surface area contributed by atoms with Crippen molar-refractivity contribution >= 4 is 5.91 Å². The topological polar surface area (TPSA) is 49.3 Å². The number of phenols is 1. The zero-order valence-corrected chi connectivity index (χ0v) is 8.03. The number of nitrogens with one attached hydrogen (secondary N) is 1. The van der Waals surface area contributed by atoms with Gasteiger partial charge in [-0.2, -0.15) is 0 Å². The van der Waals surface area contributed by atoms with Gasteiger partial charge in [0.25, 0.3) is 5.91 Å². The Kier molecular flexibility index (Phi) is 2.15. The van der Waals surface area contributed by atoms with Gasteiger partial charge in [0.1, 0.15) is 5.75 Å². The highest BCUT2D eigenvalue weighted by molar-refractivity contribution is 5.97. The molecule has 3 heteroatoms. The van der Waals surface area contributed by atoms with Crippen molar-refractivity contribution in [1.29, 1.82) is 0 Å². The largest absolute Gasteiger partial charge is 0.507 e. The first-order valence-electron chi connectivity index (χ1n) is 4.77. The smallest absolute Gasteiger partial charge is 0.255 e. The number of amides is 1. The lowest BCUT2D eigenvalue weighted by atomic mass is 10.2. The highest BCUT2D eigenvalue weighted by Gasteiger charge is 2.34. The molecule has 14 heavy (non-hydrogen) atoms. The summed E-state index contributed by atoms with van der Waals surface area (Å²) in [6.45, 7) is 2.09. The van der Waals surface area contributed by atoms with Crippen LogP contribution < -0.4 is 5.32 Å². The predicted molar refractivity (Wildman–Crippen MR) is 53.1 cm³/mol. The van der Waals surface area contributed by atoms with Gasteiger partial charge in [-0.3, -0.25) is 4.79 Å². The molecule has 1 aromatic carbocycles. The van der Waals surface area contributed by atoms with Crippen LogP contribution in [0.15, 0.2) is 24.3 Å². The fourth-order valence-corrected chi connectivity index (χ4v) is 1.43. The molecular weight excluding hydrogens is 178 g/mol. The minimum atomic E-state index is -0.183. The summed E-state index contributed by atoms with van der Waals surface area (Å²) in [6.07, 6.45) is 1.04. The third-order valence-corrected chi connectivity index (χ3v) is 2.57. The standard InChI is InChI=1S/C11H13NO2/c1-7-6-9(7)12-11(14)8-4-2-3-5-10(8)13/h2-5,7,9,13H,6H2,1H3,(H,12,14). The Bertz CT molecular complexity index is 362. The van der Waals surface area contributed by atoms with Crippen LogP contribution in [0, 0.1) is 5.92 Å². The molecule has 1 saturated carbocycles. The van der Waals surface area contributed by atoms with E-state index in [0.717, 1.165) is 6.42 Å². The van der Waals surface area contributed by atoms with E-state index >= 15 is 0 Å². The van der Waals surface area contributed by atoms with Crippen molar-refractivity contribution in [2.75, 3.05) is 0 Å². The van der Waals surface area contributed by atoms with Gasteiger partial charge in [0, 0.05) is 6.04 Å². The van der Waals surface area contributed by atoms with Crippen molar-refractivity contribution in [3.05, 3.63) is 29.8 Å². The molecule has 3 nitrogen and oxygen atoms in total. The maximum Gasteiger partial charge on any atom is 0.255 e. The van der Waals surface area contributed by atoms with Gasteiger partial charge in [-0.15, -0.1) is 0 Å². The molecule has 0 aromatic heterocycles. The molecule has 2 unspecified atom stereocenters. The number of para-hydroxylation sites is 1. The third kappa shape index (κ3) is 1.71. The van der Waals surface area contributed by atoms with Crippen LogP contribution in [0.4, 0.5) is 0 Å². The highest BCUT2D eigenvalue weighted by Crippen LogP contribution is 2.29. The summed E-state index contributed by atoms with van der Waals surface area (Å²) < 4.78 is 0. The van der Waals surface area contributed by atoms with Crippen LogP contribution in [-0.2, 0) is 0 Å². The molecule has 2 rings (SSSR count). The Balaban J connectivity index is 2.07. The Morgan fingerprint density at radius 3 is 2.71 bits per heavy atom. The second-order valence-corrected chi connectivity index (χ2v) is 3.81. The van der Waals surface area contributed by atoms with Crippen molar-refractivity contribution < 1.29 is 9.90 Å². The van der Waals surface area contributed by atoms with Crippen LogP contribution in [0.5, 0.6) is 5.75 Å². The summed E-state index contributed by atoms with van der Waals surface area (Å²) in [5, 5.41) is 12.3. The number of hydrogen-bond donors (Lipinski definition) is 2. The van der Waals surface area contributed by atoms with Gasteiger partial charge in [-0.05, 0) is 24.5 Å². The van der Waals surface area contributed by atoms with E-state index in [0.29, 0.717) is 17.5 Å². The molecule has 2 N–H and O–H groups in total. The third-order valence-electron chi connectivity index (χ3n) is 2.57. The Morgan fingerprint density at radius 1 is 1.50 bits per heavy atom. The zero-order chi connectivity index (χ0) is 10.1. The second kappa shape index (κ2) is 3.33. The van der Waals surface area contributed by atoms with Crippen LogP contribution in [0.2, 0.25) is 0 Å². The SMILES string of the molecule is CC1CC1NC(=O)c1ccccc1O. The quantitative estimate of drug-likeness (QED) is 0.744. The van der Waals surface area contributed by atoms with Crippen molar-refractivity contribution in [2.45, 2.75) is 19.4 Å². The number of benzene rings is 1. The number of phenolic OH excluding ortho intramolecular Hbond substituents is 1. The van der Waals surface area contributed by atoms with Crippen LogP contribution in [0.1, 0.15) is 23.7 Å². The summed E-state index contributed by atoms with van der Waals surface area (Å²) >= 11 is 0. The second-order valence-electron chi connectivity index (χ2n) is 3.81. The lowest BCUT2D eigenvalue weighted by Gasteiger charge is -2.04. The molecule has 1 aromatic rings. The molecule has 74 valence electrons. The van der Waals surface area contributed by atoms with Gasteiger partial charge in [-0.1, -0.05) is 19.1 Å². The van der Waals surface area contributed by atoms with E-state index in [1.54, 1.807) is 18.2 Å². The fraction of sp³-hybridized carbons (Fsp3) is 0.364. The zero-order valence-electron chi connectivity index (χ0n) is 8.03. The monoisotopic (exact) mass is 191 g/mol. The molecule has 0 radical (unpaired) electrons. The lowest BCUT2D eigenvalue weighted by Crippen LogP contribution is -2.26. The molecule has 1 aliphatic rings. The van der Waals surface area contributed by atoms with E-state index in [1.165, 1.54) is 6.07 Å². The molecular formula is C11H13NO2. The molecule has 1 amide bonds. The first-order chi connectivity index (χ1) is 6.68. The van der Waals surface area contributed by atoms with Crippen molar-refractivity contribution in [1.82, 2.24) is 5.32 Å². The van der Waals surface area contributed by atoms with Gasteiger partial charge < -0.3 is 10.4 Å². The highest BCUT2D eigenvalue weighted by atomic mass is 16.3. The van der Waals surface area contributed by atoms with Gasteiger partial charge in [-0.25, -0.2) is 0 Å². The number of rotatable bonds is 2. The van der Waals surface area contributed by atoms with Gasteiger partial charge in [0.05, 0.1) is 5.56 Å². The molecule has 1 fully saturated rings. The van der Waals surface area contributed by atoms with E-state index in [1.807, 2.05) is 0 Å². The maximum absolute atomic E-state index is 11.6. The Hall–Kier alpha value is -1.51. The number of carbonyl (C=O) groups is 1. The van der Waals surface area contributed by atoms with Crippen LogP contribution in [0.3, 0.4) is 0 Å². The van der Waals surface area contributed by atoms with Gasteiger partial charge in [0.2, 0.25) is 0 Å². The molecule has 0 bridgehead atoms. The Labute approximate surface area is 82.8 Å². The Morgan fingerprint density at radius 2 is 2.14 bits per heavy atom. The average Bonchev–Trinajstić information content (AvgIpc) is 2.82. The number of aromatic hydroxyl groups is 1. The molecule has 0 saturated heterocycles. The van der Waals surface area contributed by atoms with E-state index < -0.39 is 0 Å². The van der Waals surface area contributed by atoms with E-state index in [9.17, 15) is 9.90 Å². The van der Waals surface area contributed by atoms with Gasteiger partial charge >= 0.3 is 0 Å². The summed E-state index contributed by atoms with van der Waals surface area (Å²) in [4.78, 5) is 11.6. The first kappa shape index (κ1) is 9.06. The summed E-state index contributed by atoms with van der Waals surface area (Å²) in [6, 6.07) is 6.88. The summed E-state index contributed by atoms with van der Waals surface area (Å²) in [5.41, 5.74) is 0.353. The van der Waals surface area contributed by atoms with Crippen molar-refractivity contribution in [3.63, 3.8) is 0 Å². The van der Waals surface area contributed by atoms with Crippen LogP contribution in [0.25, 0.3) is 0 Å². The summed E-state index contributed by atoms with van der Waals surface area (Å²) in [5.74, 6) is 0.431. The lowest BCUT2D eigenvalue weighted by molar-refractivity contribution is 0.0946. The molecule has 2 atom stereocenters. The van der Waals surface area contributed by atoms with Crippen LogP contribution in [-0.4, -0.2) is 17.1 Å².